The lowest BCUT2D eigenvalue weighted by Gasteiger charge is -2.17. The van der Waals surface area contributed by atoms with Crippen molar-refractivity contribution in [2.45, 2.75) is 40.0 Å². The molecule has 0 saturated heterocycles. The topological polar surface area (TPSA) is 125 Å². The van der Waals surface area contributed by atoms with Crippen molar-refractivity contribution in [3.8, 4) is 0 Å². The molecule has 1 aliphatic rings. The van der Waals surface area contributed by atoms with Gasteiger partial charge < -0.3 is 0 Å². The van der Waals surface area contributed by atoms with E-state index in [-0.39, 0.29) is 22.6 Å². The SMILES string of the molecule is Cc1nn(C)c(C(=O)Nn2c(C)nc3sc4c(c3c2=O)CCC(C)C4)c1[N+](=O)[O-]. The van der Waals surface area contributed by atoms with Crippen molar-refractivity contribution in [1.29, 1.82) is 0 Å². The third-order valence-electron chi connectivity index (χ3n) is 5.30. The third kappa shape index (κ3) is 3.01. The van der Waals surface area contributed by atoms with Crippen LogP contribution < -0.4 is 11.0 Å². The molecule has 152 valence electrons. The number of nitrogens with one attached hydrogen (secondary N) is 1. The number of hydrogen-bond acceptors (Lipinski definition) is 7. The second-order valence-corrected chi connectivity index (χ2v) is 8.52. The predicted molar refractivity (Wildman–Crippen MR) is 108 cm³/mol. The molecule has 0 aromatic carbocycles. The van der Waals surface area contributed by atoms with Gasteiger partial charge in [-0.2, -0.15) is 5.10 Å². The minimum atomic E-state index is -0.788. The van der Waals surface area contributed by atoms with Crippen LogP contribution in [0.4, 0.5) is 5.69 Å². The maximum atomic E-state index is 13.2. The van der Waals surface area contributed by atoms with Gasteiger partial charge in [0.2, 0.25) is 5.69 Å². The van der Waals surface area contributed by atoms with Gasteiger partial charge >= 0.3 is 5.69 Å². The molecule has 4 rings (SSSR count). The number of thiophene rings is 1. The molecule has 0 bridgehead atoms. The number of rotatable bonds is 3. The molecule has 3 aromatic heterocycles. The Kier molecular flexibility index (Phi) is 4.49. The molecular formula is C18H20N6O4S. The number of nitro groups is 1. The van der Waals surface area contributed by atoms with Crippen molar-refractivity contribution in [3.63, 3.8) is 0 Å². The molecular weight excluding hydrogens is 396 g/mol. The van der Waals surface area contributed by atoms with Crippen LogP contribution in [0.1, 0.15) is 45.8 Å². The van der Waals surface area contributed by atoms with E-state index < -0.39 is 10.8 Å². The van der Waals surface area contributed by atoms with Crippen LogP contribution in [0.2, 0.25) is 0 Å². The van der Waals surface area contributed by atoms with Crippen molar-refractivity contribution >= 4 is 33.1 Å². The lowest BCUT2D eigenvalue weighted by molar-refractivity contribution is -0.385. The first kappa shape index (κ1) is 19.2. The fraction of sp³-hybridized carbons (Fsp3) is 0.444. The molecule has 11 heteroatoms. The lowest BCUT2D eigenvalue weighted by atomic mass is 9.89. The van der Waals surface area contributed by atoms with E-state index in [1.54, 1.807) is 6.92 Å². The van der Waals surface area contributed by atoms with Gasteiger partial charge in [-0.1, -0.05) is 6.92 Å². The Morgan fingerprint density at radius 3 is 2.79 bits per heavy atom. The summed E-state index contributed by atoms with van der Waals surface area (Å²) in [6.45, 7) is 5.26. The maximum absolute atomic E-state index is 13.2. The summed E-state index contributed by atoms with van der Waals surface area (Å²) in [7, 11) is 1.45. The van der Waals surface area contributed by atoms with Crippen molar-refractivity contribution in [1.82, 2.24) is 19.4 Å². The number of amides is 1. The van der Waals surface area contributed by atoms with Crippen LogP contribution in [0, 0.1) is 29.9 Å². The Labute approximate surface area is 169 Å². The number of fused-ring (bicyclic) bond motifs is 3. The van der Waals surface area contributed by atoms with E-state index in [1.807, 2.05) is 0 Å². The fourth-order valence-electron chi connectivity index (χ4n) is 3.90. The zero-order chi connectivity index (χ0) is 21.0. The van der Waals surface area contributed by atoms with Gasteiger partial charge in [0.05, 0.1) is 10.3 Å². The Morgan fingerprint density at radius 2 is 2.10 bits per heavy atom. The second kappa shape index (κ2) is 6.76. The second-order valence-electron chi connectivity index (χ2n) is 7.44. The minimum Gasteiger partial charge on any atom is -0.267 e. The number of hydrogen-bond donors (Lipinski definition) is 1. The van der Waals surface area contributed by atoms with Crippen LogP contribution in [0.3, 0.4) is 0 Å². The van der Waals surface area contributed by atoms with Crippen molar-refractivity contribution in [2.24, 2.45) is 13.0 Å². The van der Waals surface area contributed by atoms with Gasteiger partial charge in [-0.25, -0.2) is 9.66 Å². The number of nitrogens with zero attached hydrogens (tertiary/aromatic N) is 5. The zero-order valence-corrected chi connectivity index (χ0v) is 17.3. The number of aromatic nitrogens is 4. The molecule has 0 fully saturated rings. The van der Waals surface area contributed by atoms with Crippen molar-refractivity contribution in [2.75, 3.05) is 5.43 Å². The molecule has 0 aliphatic heterocycles. The molecule has 1 unspecified atom stereocenters. The quantitative estimate of drug-likeness (QED) is 0.515. The van der Waals surface area contributed by atoms with Gasteiger partial charge in [0.1, 0.15) is 16.3 Å². The first-order valence-electron chi connectivity index (χ1n) is 9.22. The smallest absolute Gasteiger partial charge is 0.267 e. The van der Waals surface area contributed by atoms with Gasteiger partial charge in [-0.15, -0.1) is 11.3 Å². The average molecular weight is 416 g/mol. The van der Waals surface area contributed by atoms with E-state index in [9.17, 15) is 19.7 Å². The van der Waals surface area contributed by atoms with E-state index in [2.05, 4.69) is 22.4 Å². The normalized spacial score (nSPS) is 16.1. The Morgan fingerprint density at radius 1 is 1.38 bits per heavy atom. The highest BCUT2D eigenvalue weighted by molar-refractivity contribution is 7.18. The summed E-state index contributed by atoms with van der Waals surface area (Å²) >= 11 is 1.53. The molecule has 1 amide bonds. The van der Waals surface area contributed by atoms with Crippen LogP contribution in [0.5, 0.6) is 0 Å². The monoisotopic (exact) mass is 416 g/mol. The summed E-state index contributed by atoms with van der Waals surface area (Å²) in [6, 6.07) is 0. The van der Waals surface area contributed by atoms with Gasteiger partial charge in [0.25, 0.3) is 11.5 Å². The van der Waals surface area contributed by atoms with Crippen LogP contribution in [-0.2, 0) is 19.9 Å². The summed E-state index contributed by atoms with van der Waals surface area (Å²) < 4.78 is 2.21. The predicted octanol–water partition coefficient (Wildman–Crippen LogP) is 2.23. The average Bonchev–Trinajstić information content (AvgIpc) is 3.13. The first-order chi connectivity index (χ1) is 13.7. The molecule has 10 nitrogen and oxygen atoms in total. The van der Waals surface area contributed by atoms with E-state index in [0.717, 1.165) is 34.2 Å². The van der Waals surface area contributed by atoms with Gasteiger partial charge in [-0.3, -0.25) is 29.8 Å². The van der Waals surface area contributed by atoms with E-state index in [0.29, 0.717) is 22.0 Å². The summed E-state index contributed by atoms with van der Waals surface area (Å²) in [6.07, 6.45) is 2.72. The van der Waals surface area contributed by atoms with E-state index >= 15 is 0 Å². The first-order valence-corrected chi connectivity index (χ1v) is 10.0. The van der Waals surface area contributed by atoms with Crippen LogP contribution in [0.15, 0.2) is 4.79 Å². The van der Waals surface area contributed by atoms with E-state index in [1.165, 1.54) is 30.2 Å². The fourth-order valence-corrected chi connectivity index (χ4v) is 5.32. The Balaban J connectivity index is 1.81. The van der Waals surface area contributed by atoms with Gasteiger partial charge in [0.15, 0.2) is 0 Å². The Hall–Kier alpha value is -3.08. The molecule has 0 spiro atoms. The molecule has 3 heterocycles. The number of carbonyl (C=O) groups excluding carboxylic acids is 1. The molecule has 1 N–H and O–H groups in total. The Bertz CT molecular complexity index is 1240. The van der Waals surface area contributed by atoms with Gasteiger partial charge in [-0.05, 0) is 44.6 Å². The summed E-state index contributed by atoms with van der Waals surface area (Å²) in [5.41, 5.74) is 2.64. The molecule has 0 saturated carbocycles. The van der Waals surface area contributed by atoms with Crippen molar-refractivity contribution in [3.05, 3.63) is 48.1 Å². The van der Waals surface area contributed by atoms with Crippen LogP contribution >= 0.6 is 11.3 Å². The highest BCUT2D eigenvalue weighted by atomic mass is 32.1. The molecule has 3 aromatic rings. The largest absolute Gasteiger partial charge is 0.322 e. The summed E-state index contributed by atoms with van der Waals surface area (Å²) in [4.78, 5) is 43.1. The maximum Gasteiger partial charge on any atom is 0.322 e. The minimum absolute atomic E-state index is 0.126. The highest BCUT2D eigenvalue weighted by Gasteiger charge is 2.30. The van der Waals surface area contributed by atoms with Crippen LogP contribution in [-0.4, -0.2) is 30.3 Å². The number of aryl methyl sites for hydroxylation is 4. The molecule has 0 radical (unpaired) electrons. The van der Waals surface area contributed by atoms with Crippen molar-refractivity contribution < 1.29 is 9.72 Å². The molecule has 29 heavy (non-hydrogen) atoms. The van der Waals surface area contributed by atoms with Gasteiger partial charge in [0, 0.05) is 11.9 Å². The molecule has 1 aliphatic carbocycles. The molecule has 1 atom stereocenters. The standard InChI is InChI=1S/C18H20N6O4S/c1-8-5-6-11-12(7-8)29-17-13(11)18(26)23(10(3)19-17)21-16(25)15-14(24(27)28)9(2)20-22(15)4/h8H,5-7H2,1-4H3,(H,21,25). The highest BCUT2D eigenvalue weighted by Crippen LogP contribution is 2.35. The third-order valence-corrected chi connectivity index (χ3v) is 6.45. The zero-order valence-electron chi connectivity index (χ0n) is 16.5. The summed E-state index contributed by atoms with van der Waals surface area (Å²) in [5.74, 6) is 0.0834. The number of carbonyl (C=O) groups is 1. The lowest BCUT2D eigenvalue weighted by Crippen LogP contribution is -2.36. The summed E-state index contributed by atoms with van der Waals surface area (Å²) in [5, 5.41) is 15.9. The van der Waals surface area contributed by atoms with E-state index in [4.69, 9.17) is 0 Å². The van der Waals surface area contributed by atoms with Crippen LogP contribution in [0.25, 0.3) is 10.2 Å².